The van der Waals surface area contributed by atoms with E-state index >= 15 is 0 Å². The Balaban J connectivity index is 2.23. The summed E-state index contributed by atoms with van der Waals surface area (Å²) in [6, 6.07) is 5.23. The van der Waals surface area contributed by atoms with Gasteiger partial charge in [0.05, 0.1) is 12.8 Å². The Morgan fingerprint density at radius 1 is 1.47 bits per heavy atom. The van der Waals surface area contributed by atoms with Crippen molar-refractivity contribution in [1.29, 1.82) is 0 Å². The van der Waals surface area contributed by atoms with Crippen LogP contribution in [0.4, 0.5) is 5.69 Å². The lowest BCUT2D eigenvalue weighted by Gasteiger charge is -2.22. The molecule has 0 spiro atoms. The summed E-state index contributed by atoms with van der Waals surface area (Å²) in [5.41, 5.74) is 6.79. The highest BCUT2D eigenvalue weighted by molar-refractivity contribution is 6.04. The van der Waals surface area contributed by atoms with E-state index < -0.39 is 0 Å². The fourth-order valence-electron chi connectivity index (χ4n) is 2.06. The molecular weight excluding hydrogens is 218 g/mol. The molecule has 1 fully saturated rings. The number of ether oxygens (including phenoxy) is 2. The summed E-state index contributed by atoms with van der Waals surface area (Å²) in [6.45, 7) is 0.653. The normalized spacial score (nSPS) is 19.9. The lowest BCUT2D eigenvalue weighted by molar-refractivity contribution is 0.0187. The first-order valence-corrected chi connectivity index (χ1v) is 5.82. The van der Waals surface area contributed by atoms with Gasteiger partial charge in [-0.2, -0.15) is 0 Å². The van der Waals surface area contributed by atoms with Crippen molar-refractivity contribution in [2.45, 2.75) is 25.4 Å². The molecule has 17 heavy (non-hydrogen) atoms. The van der Waals surface area contributed by atoms with Crippen molar-refractivity contribution in [3.05, 3.63) is 23.8 Å². The summed E-state index contributed by atoms with van der Waals surface area (Å²) in [4.78, 5) is 12.2. The average molecular weight is 235 g/mol. The number of methoxy groups -OCH3 is 1. The van der Waals surface area contributed by atoms with Gasteiger partial charge in [0.25, 0.3) is 0 Å². The van der Waals surface area contributed by atoms with Crippen molar-refractivity contribution in [2.75, 3.05) is 19.5 Å². The molecule has 0 saturated carbocycles. The number of carbonyl (C=O) groups excluding carboxylic acids is 1. The third kappa shape index (κ3) is 2.42. The van der Waals surface area contributed by atoms with Crippen molar-refractivity contribution in [3.8, 4) is 5.75 Å². The van der Waals surface area contributed by atoms with E-state index in [1.807, 2.05) is 0 Å². The van der Waals surface area contributed by atoms with Gasteiger partial charge in [0, 0.05) is 12.2 Å². The summed E-state index contributed by atoms with van der Waals surface area (Å²) in [7, 11) is 1.54. The molecule has 1 aliphatic heterocycles. The van der Waals surface area contributed by atoms with Crippen LogP contribution >= 0.6 is 0 Å². The molecule has 0 amide bonds. The molecule has 1 aliphatic rings. The quantitative estimate of drug-likeness (QED) is 0.643. The van der Waals surface area contributed by atoms with Crippen molar-refractivity contribution in [3.63, 3.8) is 0 Å². The molecule has 0 aliphatic carbocycles. The smallest absolute Gasteiger partial charge is 0.193 e. The third-order valence-electron chi connectivity index (χ3n) is 3.02. The molecule has 1 atom stereocenters. The number of benzene rings is 1. The van der Waals surface area contributed by atoms with Crippen LogP contribution in [0.3, 0.4) is 0 Å². The third-order valence-corrected chi connectivity index (χ3v) is 3.02. The van der Waals surface area contributed by atoms with Gasteiger partial charge in [0.2, 0.25) is 0 Å². The van der Waals surface area contributed by atoms with Gasteiger partial charge in [-0.1, -0.05) is 6.07 Å². The van der Waals surface area contributed by atoms with Crippen LogP contribution in [0, 0.1) is 0 Å². The molecule has 92 valence electrons. The molecule has 1 aromatic rings. The van der Waals surface area contributed by atoms with Gasteiger partial charge in [-0.25, -0.2) is 0 Å². The van der Waals surface area contributed by atoms with E-state index in [0.717, 1.165) is 19.3 Å². The summed E-state index contributed by atoms with van der Waals surface area (Å²) < 4.78 is 10.6. The number of hydrogen-bond acceptors (Lipinski definition) is 4. The minimum Gasteiger partial charge on any atom is -0.495 e. The standard InChI is InChI=1S/C13H17NO3/c1-16-10-7-4-5-9(12(10)14)13(15)11-6-2-3-8-17-11/h4-5,7,11H,2-3,6,8,14H2,1H3. The maximum Gasteiger partial charge on any atom is 0.193 e. The number of nitrogens with two attached hydrogens (primary N) is 1. The second-order valence-corrected chi connectivity index (χ2v) is 4.14. The van der Waals surface area contributed by atoms with Gasteiger partial charge in [-0.15, -0.1) is 0 Å². The van der Waals surface area contributed by atoms with Crippen LogP contribution in [0.1, 0.15) is 29.6 Å². The maximum atomic E-state index is 12.2. The zero-order valence-electron chi connectivity index (χ0n) is 9.94. The molecule has 1 aromatic carbocycles. The Morgan fingerprint density at radius 3 is 2.94 bits per heavy atom. The molecule has 1 saturated heterocycles. The SMILES string of the molecule is COc1cccc(C(=O)C2CCCCO2)c1N. The predicted molar refractivity (Wildman–Crippen MR) is 65.3 cm³/mol. The molecular formula is C13H17NO3. The Labute approximate surface area is 101 Å². The highest BCUT2D eigenvalue weighted by Gasteiger charge is 2.25. The largest absolute Gasteiger partial charge is 0.495 e. The van der Waals surface area contributed by atoms with Gasteiger partial charge < -0.3 is 15.2 Å². The zero-order valence-corrected chi connectivity index (χ0v) is 9.94. The Morgan fingerprint density at radius 2 is 2.29 bits per heavy atom. The van der Waals surface area contributed by atoms with Gasteiger partial charge in [0.1, 0.15) is 11.9 Å². The summed E-state index contributed by atoms with van der Waals surface area (Å²) in [5.74, 6) is 0.493. The number of carbonyl (C=O) groups is 1. The molecule has 1 heterocycles. The van der Waals surface area contributed by atoms with Crippen LogP contribution in [0.5, 0.6) is 5.75 Å². The number of rotatable bonds is 3. The minimum absolute atomic E-state index is 0.0406. The Kier molecular flexibility index (Phi) is 3.64. The number of ketones is 1. The average Bonchev–Trinajstić information content (AvgIpc) is 2.39. The van der Waals surface area contributed by atoms with Crippen molar-refractivity contribution in [1.82, 2.24) is 0 Å². The molecule has 2 rings (SSSR count). The topological polar surface area (TPSA) is 61.5 Å². The second kappa shape index (κ2) is 5.19. The van der Waals surface area contributed by atoms with E-state index in [0.29, 0.717) is 23.6 Å². The fourth-order valence-corrected chi connectivity index (χ4v) is 2.06. The molecule has 0 radical (unpaired) electrons. The first-order chi connectivity index (χ1) is 8.24. The molecule has 4 heteroatoms. The van der Waals surface area contributed by atoms with Crippen molar-refractivity contribution >= 4 is 11.5 Å². The first kappa shape index (κ1) is 11.9. The lowest BCUT2D eigenvalue weighted by atomic mass is 9.98. The van der Waals surface area contributed by atoms with Gasteiger partial charge in [-0.3, -0.25) is 4.79 Å². The monoisotopic (exact) mass is 235 g/mol. The molecule has 1 unspecified atom stereocenters. The van der Waals surface area contributed by atoms with Crippen LogP contribution in [0.25, 0.3) is 0 Å². The van der Waals surface area contributed by atoms with E-state index in [-0.39, 0.29) is 11.9 Å². The zero-order chi connectivity index (χ0) is 12.3. The number of para-hydroxylation sites is 1. The van der Waals surface area contributed by atoms with Crippen molar-refractivity contribution in [2.24, 2.45) is 0 Å². The highest BCUT2D eigenvalue weighted by atomic mass is 16.5. The molecule has 2 N–H and O–H groups in total. The van der Waals surface area contributed by atoms with E-state index in [1.165, 1.54) is 7.11 Å². The number of nitrogen functional groups attached to an aromatic ring is 1. The van der Waals surface area contributed by atoms with Crippen molar-refractivity contribution < 1.29 is 14.3 Å². The Hall–Kier alpha value is -1.55. The van der Waals surface area contributed by atoms with E-state index in [4.69, 9.17) is 15.2 Å². The number of Topliss-reactive ketones (excluding diaryl/α,β-unsaturated/α-hetero) is 1. The minimum atomic E-state index is -0.349. The van der Waals surface area contributed by atoms with Gasteiger partial charge in [-0.05, 0) is 31.4 Å². The maximum absolute atomic E-state index is 12.2. The fraction of sp³-hybridized carbons (Fsp3) is 0.462. The number of hydrogen-bond donors (Lipinski definition) is 1. The van der Waals surface area contributed by atoms with E-state index in [9.17, 15) is 4.79 Å². The van der Waals surface area contributed by atoms with Crippen LogP contribution < -0.4 is 10.5 Å². The summed E-state index contributed by atoms with van der Waals surface area (Å²) in [6.07, 6.45) is 2.48. The first-order valence-electron chi connectivity index (χ1n) is 5.82. The second-order valence-electron chi connectivity index (χ2n) is 4.14. The molecule has 0 bridgehead atoms. The predicted octanol–water partition coefficient (Wildman–Crippen LogP) is 2.03. The number of anilines is 1. The Bertz CT molecular complexity index is 411. The van der Waals surface area contributed by atoms with Crippen LogP contribution in [-0.4, -0.2) is 25.6 Å². The summed E-state index contributed by atoms with van der Waals surface area (Å²) >= 11 is 0. The highest BCUT2D eigenvalue weighted by Crippen LogP contribution is 2.27. The lowest BCUT2D eigenvalue weighted by Crippen LogP contribution is -2.28. The van der Waals surface area contributed by atoms with Crippen LogP contribution in [0.15, 0.2) is 18.2 Å². The molecule has 0 aromatic heterocycles. The van der Waals surface area contributed by atoms with Crippen LogP contribution in [-0.2, 0) is 4.74 Å². The summed E-state index contributed by atoms with van der Waals surface area (Å²) in [5, 5.41) is 0. The van der Waals surface area contributed by atoms with E-state index in [2.05, 4.69) is 0 Å². The van der Waals surface area contributed by atoms with Crippen LogP contribution in [0.2, 0.25) is 0 Å². The molecule has 4 nitrogen and oxygen atoms in total. The van der Waals surface area contributed by atoms with Gasteiger partial charge in [0.15, 0.2) is 5.78 Å². The van der Waals surface area contributed by atoms with Gasteiger partial charge >= 0.3 is 0 Å². The van der Waals surface area contributed by atoms with E-state index in [1.54, 1.807) is 18.2 Å².